The summed E-state index contributed by atoms with van der Waals surface area (Å²) in [6.07, 6.45) is 1.20. The minimum absolute atomic E-state index is 0.0733. The van der Waals surface area contributed by atoms with Gasteiger partial charge in [-0.05, 0) is 18.9 Å². The summed E-state index contributed by atoms with van der Waals surface area (Å²) in [5, 5.41) is 0. The number of rotatable bonds is 5. The number of carbonyl (C=O) groups excluding carboxylic acids is 1. The number of hydrogen-bond acceptors (Lipinski definition) is 2. The molecule has 0 spiro atoms. The summed E-state index contributed by atoms with van der Waals surface area (Å²) in [7, 11) is 0. The largest absolute Gasteiger partial charge is 0.318 e. The van der Waals surface area contributed by atoms with Gasteiger partial charge < -0.3 is 5.73 Å². The van der Waals surface area contributed by atoms with Gasteiger partial charge in [0.2, 0.25) is 0 Å². The summed E-state index contributed by atoms with van der Waals surface area (Å²) >= 11 is 0. The van der Waals surface area contributed by atoms with Gasteiger partial charge in [-0.15, -0.1) is 6.58 Å². The average Bonchev–Trinajstić information content (AvgIpc) is 2.26. The third kappa shape index (κ3) is 3.68. The first-order valence-electron chi connectivity index (χ1n) is 5.09. The highest BCUT2D eigenvalue weighted by atomic mass is 16.1. The van der Waals surface area contributed by atoms with Crippen LogP contribution in [0.4, 0.5) is 0 Å². The molecule has 1 aromatic carbocycles. The fourth-order valence-corrected chi connectivity index (χ4v) is 1.34. The third-order valence-electron chi connectivity index (χ3n) is 2.30. The van der Waals surface area contributed by atoms with Crippen LogP contribution in [-0.4, -0.2) is 5.78 Å². The van der Waals surface area contributed by atoms with E-state index in [0.29, 0.717) is 6.42 Å². The molecule has 0 radical (unpaired) electrons. The van der Waals surface area contributed by atoms with Crippen molar-refractivity contribution in [1.29, 1.82) is 0 Å². The lowest BCUT2D eigenvalue weighted by Crippen LogP contribution is -2.21. The van der Waals surface area contributed by atoms with Gasteiger partial charge in [-0.3, -0.25) is 4.79 Å². The zero-order chi connectivity index (χ0) is 11.3. The molecule has 0 bridgehead atoms. The van der Waals surface area contributed by atoms with E-state index in [9.17, 15) is 4.79 Å². The molecule has 0 aliphatic carbocycles. The lowest BCUT2D eigenvalue weighted by atomic mass is 9.99. The normalized spacial score (nSPS) is 12.1. The van der Waals surface area contributed by atoms with Crippen LogP contribution in [0.25, 0.3) is 0 Å². The molecule has 0 heterocycles. The van der Waals surface area contributed by atoms with E-state index in [0.717, 1.165) is 17.6 Å². The molecule has 2 N–H and O–H groups in total. The summed E-state index contributed by atoms with van der Waals surface area (Å²) in [5.74, 6) is 0.0733. The fourth-order valence-electron chi connectivity index (χ4n) is 1.34. The molecule has 0 unspecified atom stereocenters. The number of benzene rings is 1. The van der Waals surface area contributed by atoms with E-state index in [4.69, 9.17) is 5.73 Å². The van der Waals surface area contributed by atoms with Gasteiger partial charge in [0.25, 0.3) is 0 Å². The summed E-state index contributed by atoms with van der Waals surface area (Å²) in [5.41, 5.74) is 7.74. The number of hydrogen-bond donors (Lipinski definition) is 1. The van der Waals surface area contributed by atoms with Crippen molar-refractivity contribution < 1.29 is 4.79 Å². The van der Waals surface area contributed by atoms with Crippen LogP contribution in [0.3, 0.4) is 0 Å². The van der Waals surface area contributed by atoms with E-state index < -0.39 is 6.04 Å². The summed E-state index contributed by atoms with van der Waals surface area (Å²) in [6.45, 7) is 5.68. The predicted octanol–water partition coefficient (Wildman–Crippen LogP) is 2.61. The first kappa shape index (κ1) is 11.7. The van der Waals surface area contributed by atoms with E-state index in [-0.39, 0.29) is 5.78 Å². The van der Waals surface area contributed by atoms with E-state index in [1.165, 1.54) is 0 Å². The van der Waals surface area contributed by atoms with Crippen LogP contribution in [0.2, 0.25) is 0 Å². The predicted molar refractivity (Wildman–Crippen MR) is 62.4 cm³/mol. The molecule has 0 aliphatic rings. The molecule has 0 saturated heterocycles. The number of carbonyl (C=O) groups is 1. The van der Waals surface area contributed by atoms with Crippen molar-refractivity contribution in [1.82, 2.24) is 0 Å². The van der Waals surface area contributed by atoms with Gasteiger partial charge in [0.15, 0.2) is 5.78 Å². The lowest BCUT2D eigenvalue weighted by Gasteiger charge is -2.10. The van der Waals surface area contributed by atoms with Crippen LogP contribution in [-0.2, 0) is 4.79 Å². The van der Waals surface area contributed by atoms with Crippen molar-refractivity contribution >= 4 is 5.78 Å². The Morgan fingerprint density at radius 3 is 2.47 bits per heavy atom. The minimum Gasteiger partial charge on any atom is -0.318 e. The SMILES string of the molecule is C=C(C)CCC(=O)[C@H](N)c1ccccc1. The average molecular weight is 203 g/mol. The molecule has 80 valence electrons. The summed E-state index contributed by atoms with van der Waals surface area (Å²) in [6, 6.07) is 8.95. The van der Waals surface area contributed by atoms with Crippen molar-refractivity contribution in [3.8, 4) is 0 Å². The van der Waals surface area contributed by atoms with Gasteiger partial charge in [-0.2, -0.15) is 0 Å². The van der Waals surface area contributed by atoms with Crippen LogP contribution in [0, 0.1) is 0 Å². The third-order valence-corrected chi connectivity index (χ3v) is 2.30. The number of Topliss-reactive ketones (excluding diaryl/α,β-unsaturated/α-hetero) is 1. The van der Waals surface area contributed by atoms with Gasteiger partial charge in [-0.25, -0.2) is 0 Å². The van der Waals surface area contributed by atoms with Crippen molar-refractivity contribution in [2.75, 3.05) is 0 Å². The van der Waals surface area contributed by atoms with E-state index in [1.54, 1.807) is 0 Å². The van der Waals surface area contributed by atoms with E-state index >= 15 is 0 Å². The highest BCUT2D eigenvalue weighted by Crippen LogP contribution is 2.14. The first-order chi connectivity index (χ1) is 7.11. The van der Waals surface area contributed by atoms with Gasteiger partial charge in [-0.1, -0.05) is 35.9 Å². The van der Waals surface area contributed by atoms with Crippen LogP contribution >= 0.6 is 0 Å². The molecule has 1 rings (SSSR count). The molecule has 0 amide bonds. The number of ketones is 1. The fraction of sp³-hybridized carbons (Fsp3) is 0.308. The second-order valence-electron chi connectivity index (χ2n) is 3.81. The number of allylic oxidation sites excluding steroid dienone is 1. The van der Waals surface area contributed by atoms with Crippen molar-refractivity contribution in [3.05, 3.63) is 48.0 Å². The van der Waals surface area contributed by atoms with Gasteiger partial charge in [0.1, 0.15) is 0 Å². The molecule has 0 saturated carbocycles. The Labute approximate surface area is 90.8 Å². The molecule has 2 nitrogen and oxygen atoms in total. The lowest BCUT2D eigenvalue weighted by molar-refractivity contribution is -0.120. The van der Waals surface area contributed by atoms with Crippen molar-refractivity contribution in [3.63, 3.8) is 0 Å². The van der Waals surface area contributed by atoms with E-state index in [1.807, 2.05) is 37.3 Å². The summed E-state index contributed by atoms with van der Waals surface area (Å²) < 4.78 is 0. The zero-order valence-electron chi connectivity index (χ0n) is 9.07. The van der Waals surface area contributed by atoms with Gasteiger partial charge in [0.05, 0.1) is 6.04 Å². The van der Waals surface area contributed by atoms with Gasteiger partial charge >= 0.3 is 0 Å². The monoisotopic (exact) mass is 203 g/mol. The van der Waals surface area contributed by atoms with Crippen LogP contribution < -0.4 is 5.73 Å². The quantitative estimate of drug-likeness (QED) is 0.747. The molecule has 15 heavy (non-hydrogen) atoms. The number of nitrogens with two attached hydrogens (primary N) is 1. The maximum Gasteiger partial charge on any atom is 0.154 e. The Hall–Kier alpha value is -1.41. The highest BCUT2D eigenvalue weighted by molar-refractivity contribution is 5.85. The van der Waals surface area contributed by atoms with Crippen LogP contribution in [0.15, 0.2) is 42.5 Å². The van der Waals surface area contributed by atoms with Crippen molar-refractivity contribution in [2.24, 2.45) is 5.73 Å². The smallest absolute Gasteiger partial charge is 0.154 e. The Morgan fingerprint density at radius 1 is 1.33 bits per heavy atom. The molecular formula is C13H17NO. The molecule has 1 atom stereocenters. The van der Waals surface area contributed by atoms with Gasteiger partial charge in [0, 0.05) is 6.42 Å². The maximum atomic E-state index is 11.7. The molecular weight excluding hydrogens is 186 g/mol. The molecule has 0 aliphatic heterocycles. The second kappa shape index (κ2) is 5.47. The second-order valence-corrected chi connectivity index (χ2v) is 3.81. The Bertz CT molecular complexity index is 343. The highest BCUT2D eigenvalue weighted by Gasteiger charge is 2.14. The molecule has 2 heteroatoms. The van der Waals surface area contributed by atoms with Crippen LogP contribution in [0.5, 0.6) is 0 Å². The molecule has 0 aromatic heterocycles. The Balaban J connectivity index is 2.57. The minimum atomic E-state index is -0.495. The molecule has 1 aromatic rings. The first-order valence-corrected chi connectivity index (χ1v) is 5.09. The standard InChI is InChI=1S/C13H17NO/c1-10(2)8-9-12(15)13(14)11-6-4-3-5-7-11/h3-7,13H,1,8-9,14H2,2H3/t13-/m1/s1. The van der Waals surface area contributed by atoms with Crippen molar-refractivity contribution in [2.45, 2.75) is 25.8 Å². The topological polar surface area (TPSA) is 43.1 Å². The maximum absolute atomic E-state index is 11.7. The molecule has 0 fully saturated rings. The summed E-state index contributed by atoms with van der Waals surface area (Å²) in [4.78, 5) is 11.7. The van der Waals surface area contributed by atoms with E-state index in [2.05, 4.69) is 6.58 Å². The Kier molecular flexibility index (Phi) is 4.25. The van der Waals surface area contributed by atoms with Crippen LogP contribution in [0.1, 0.15) is 31.4 Å². The zero-order valence-corrected chi connectivity index (χ0v) is 9.07. The Morgan fingerprint density at radius 2 is 1.93 bits per heavy atom.